The molecule has 1 aliphatic rings. The van der Waals surface area contributed by atoms with Gasteiger partial charge in [-0.05, 0) is 24.6 Å². The van der Waals surface area contributed by atoms with Crippen molar-refractivity contribution in [3.05, 3.63) is 45.7 Å². The summed E-state index contributed by atoms with van der Waals surface area (Å²) in [5, 5.41) is 1.22. The quantitative estimate of drug-likeness (QED) is 0.884. The molecule has 0 unspecified atom stereocenters. The highest BCUT2D eigenvalue weighted by atomic mass is 35.5. The molecule has 6 heteroatoms. The van der Waals surface area contributed by atoms with E-state index in [2.05, 4.69) is 20.9 Å². The number of nitrogens with zero attached hydrogens (tertiary/aromatic N) is 3. The van der Waals surface area contributed by atoms with Crippen LogP contribution in [0.15, 0.2) is 24.3 Å². The number of nitrogen functional groups attached to an aromatic ring is 1. The Kier molecular flexibility index (Phi) is 4.53. The van der Waals surface area contributed by atoms with E-state index in [9.17, 15) is 0 Å². The molecule has 2 N–H and O–H groups in total. The Morgan fingerprint density at radius 3 is 3.00 bits per heavy atom. The molecule has 0 aliphatic carbocycles. The zero-order chi connectivity index (χ0) is 14.7. The van der Waals surface area contributed by atoms with Gasteiger partial charge in [-0.1, -0.05) is 23.7 Å². The monoisotopic (exact) mass is 320 g/mol. The molecule has 21 heavy (non-hydrogen) atoms. The van der Waals surface area contributed by atoms with Crippen molar-refractivity contribution in [2.75, 3.05) is 25.4 Å². The van der Waals surface area contributed by atoms with Crippen molar-refractivity contribution in [3.63, 3.8) is 0 Å². The van der Waals surface area contributed by atoms with E-state index >= 15 is 0 Å². The number of pyridine rings is 1. The highest BCUT2D eigenvalue weighted by Crippen LogP contribution is 2.24. The molecule has 0 radical (unpaired) electrons. The van der Waals surface area contributed by atoms with E-state index in [4.69, 9.17) is 17.3 Å². The summed E-state index contributed by atoms with van der Waals surface area (Å²) in [5.74, 6) is 0. The molecule has 3 heterocycles. The molecule has 0 bridgehead atoms. The molecule has 0 spiro atoms. The van der Waals surface area contributed by atoms with E-state index in [1.807, 2.05) is 18.2 Å². The maximum absolute atomic E-state index is 5.87. The summed E-state index contributed by atoms with van der Waals surface area (Å²) in [6, 6.07) is 5.65. The fourth-order valence-electron chi connectivity index (χ4n) is 2.45. The predicted octanol–water partition coefficient (Wildman–Crippen LogP) is 2.89. The first-order valence-electron chi connectivity index (χ1n) is 6.96. The summed E-state index contributed by atoms with van der Waals surface area (Å²) in [7, 11) is 0. The van der Waals surface area contributed by atoms with Crippen LogP contribution in [0.5, 0.6) is 0 Å². The average molecular weight is 321 g/mol. The lowest BCUT2D eigenvalue weighted by atomic mass is 10.2. The van der Waals surface area contributed by atoms with E-state index < -0.39 is 0 Å². The third kappa shape index (κ3) is 3.81. The molecule has 2 aromatic rings. The second-order valence-corrected chi connectivity index (χ2v) is 6.51. The van der Waals surface area contributed by atoms with Gasteiger partial charge >= 0.3 is 0 Å². The SMILES string of the molecule is Nc1nc2c(s1)CCN(CC=Cc1cccc(Cl)n1)CC2. The Morgan fingerprint density at radius 2 is 2.14 bits per heavy atom. The Morgan fingerprint density at radius 1 is 1.29 bits per heavy atom. The van der Waals surface area contributed by atoms with Crippen LogP contribution >= 0.6 is 22.9 Å². The lowest BCUT2D eigenvalue weighted by Gasteiger charge is -2.17. The third-order valence-electron chi connectivity index (χ3n) is 3.50. The Balaban J connectivity index is 1.56. The van der Waals surface area contributed by atoms with Gasteiger partial charge in [-0.2, -0.15) is 0 Å². The molecule has 0 aromatic carbocycles. The Bertz CT molecular complexity index is 627. The second-order valence-electron chi connectivity index (χ2n) is 5.01. The van der Waals surface area contributed by atoms with Crippen LogP contribution in [0.2, 0.25) is 5.15 Å². The van der Waals surface area contributed by atoms with Crippen LogP contribution < -0.4 is 5.73 Å². The highest BCUT2D eigenvalue weighted by molar-refractivity contribution is 7.15. The van der Waals surface area contributed by atoms with Crippen molar-refractivity contribution in [2.24, 2.45) is 0 Å². The second kappa shape index (κ2) is 6.56. The van der Waals surface area contributed by atoms with E-state index in [0.717, 1.165) is 38.2 Å². The standard InChI is InChI=1S/C15H17ClN4S/c16-14-5-1-3-11(18-14)4-2-8-20-9-6-12-13(7-10-20)21-15(17)19-12/h1-5H,6-10H2,(H2,17,19). The van der Waals surface area contributed by atoms with Crippen molar-refractivity contribution in [2.45, 2.75) is 12.8 Å². The molecule has 2 aromatic heterocycles. The van der Waals surface area contributed by atoms with Gasteiger partial charge in [0.2, 0.25) is 0 Å². The number of hydrogen-bond donors (Lipinski definition) is 1. The fraction of sp³-hybridized carbons (Fsp3) is 0.333. The van der Waals surface area contributed by atoms with E-state index in [0.29, 0.717) is 10.3 Å². The van der Waals surface area contributed by atoms with Gasteiger partial charge in [0.1, 0.15) is 5.15 Å². The highest BCUT2D eigenvalue weighted by Gasteiger charge is 2.16. The van der Waals surface area contributed by atoms with Gasteiger partial charge in [0, 0.05) is 30.9 Å². The van der Waals surface area contributed by atoms with Gasteiger partial charge in [0.25, 0.3) is 0 Å². The first-order valence-corrected chi connectivity index (χ1v) is 8.15. The Hall–Kier alpha value is -1.43. The summed E-state index contributed by atoms with van der Waals surface area (Å²) in [5.41, 5.74) is 7.84. The van der Waals surface area contributed by atoms with E-state index in [1.165, 1.54) is 10.6 Å². The summed E-state index contributed by atoms with van der Waals surface area (Å²) in [6.07, 6.45) is 6.17. The van der Waals surface area contributed by atoms with Crippen LogP contribution in [-0.4, -0.2) is 34.5 Å². The zero-order valence-corrected chi connectivity index (χ0v) is 13.2. The van der Waals surface area contributed by atoms with Crippen molar-refractivity contribution in [1.29, 1.82) is 0 Å². The molecule has 110 valence electrons. The minimum atomic E-state index is 0.528. The van der Waals surface area contributed by atoms with Crippen molar-refractivity contribution < 1.29 is 0 Å². The fourth-order valence-corrected chi connectivity index (χ4v) is 3.49. The molecule has 3 rings (SSSR count). The topological polar surface area (TPSA) is 55.0 Å². The van der Waals surface area contributed by atoms with Crippen LogP contribution in [0, 0.1) is 0 Å². The molecule has 0 saturated heterocycles. The largest absolute Gasteiger partial charge is 0.375 e. The van der Waals surface area contributed by atoms with Crippen LogP contribution in [0.3, 0.4) is 0 Å². The van der Waals surface area contributed by atoms with Crippen molar-refractivity contribution in [3.8, 4) is 0 Å². The Labute approximate surface area is 133 Å². The number of aromatic nitrogens is 2. The third-order valence-corrected chi connectivity index (χ3v) is 4.70. The normalized spacial score (nSPS) is 16.0. The number of rotatable bonds is 3. The average Bonchev–Trinajstić information content (AvgIpc) is 2.71. The molecule has 0 fully saturated rings. The zero-order valence-electron chi connectivity index (χ0n) is 11.6. The summed E-state index contributed by atoms with van der Waals surface area (Å²) >= 11 is 7.50. The smallest absolute Gasteiger partial charge is 0.180 e. The van der Waals surface area contributed by atoms with Crippen LogP contribution in [0.4, 0.5) is 5.13 Å². The lowest BCUT2D eigenvalue weighted by Crippen LogP contribution is -2.26. The minimum Gasteiger partial charge on any atom is -0.375 e. The van der Waals surface area contributed by atoms with Gasteiger partial charge in [-0.3, -0.25) is 4.90 Å². The number of halogens is 1. The molecule has 0 amide bonds. The lowest BCUT2D eigenvalue weighted by molar-refractivity contribution is 0.318. The number of hydrogen-bond acceptors (Lipinski definition) is 5. The van der Waals surface area contributed by atoms with Gasteiger partial charge in [-0.15, -0.1) is 11.3 Å². The van der Waals surface area contributed by atoms with Crippen LogP contribution in [0.1, 0.15) is 16.3 Å². The van der Waals surface area contributed by atoms with Gasteiger partial charge in [-0.25, -0.2) is 9.97 Å². The first-order chi connectivity index (χ1) is 10.2. The molecular weight excluding hydrogens is 304 g/mol. The number of thiazole rings is 1. The number of nitrogens with two attached hydrogens (primary N) is 1. The molecule has 4 nitrogen and oxygen atoms in total. The molecular formula is C15H17ClN4S. The number of fused-ring (bicyclic) bond motifs is 1. The molecule has 0 saturated carbocycles. The maximum atomic E-state index is 5.87. The van der Waals surface area contributed by atoms with Crippen LogP contribution in [-0.2, 0) is 12.8 Å². The summed E-state index contributed by atoms with van der Waals surface area (Å²) in [6.45, 7) is 2.98. The molecule has 0 atom stereocenters. The van der Waals surface area contributed by atoms with Crippen LogP contribution in [0.25, 0.3) is 6.08 Å². The maximum Gasteiger partial charge on any atom is 0.180 e. The van der Waals surface area contributed by atoms with E-state index in [-0.39, 0.29) is 0 Å². The summed E-state index contributed by atoms with van der Waals surface area (Å²) < 4.78 is 0. The van der Waals surface area contributed by atoms with Gasteiger partial charge in [0.05, 0.1) is 11.4 Å². The number of anilines is 1. The van der Waals surface area contributed by atoms with Gasteiger partial charge < -0.3 is 5.73 Å². The predicted molar refractivity (Wildman–Crippen MR) is 88.7 cm³/mol. The van der Waals surface area contributed by atoms with Gasteiger partial charge in [0.15, 0.2) is 5.13 Å². The first kappa shape index (κ1) is 14.5. The van der Waals surface area contributed by atoms with Crippen molar-refractivity contribution >= 4 is 34.1 Å². The van der Waals surface area contributed by atoms with Crippen molar-refractivity contribution in [1.82, 2.24) is 14.9 Å². The van der Waals surface area contributed by atoms with E-state index in [1.54, 1.807) is 17.4 Å². The summed E-state index contributed by atoms with van der Waals surface area (Å²) in [4.78, 5) is 12.4. The minimum absolute atomic E-state index is 0.528. The molecule has 1 aliphatic heterocycles.